The molecule has 0 spiro atoms. The van der Waals surface area contributed by atoms with Gasteiger partial charge in [-0.15, -0.1) is 0 Å². The summed E-state index contributed by atoms with van der Waals surface area (Å²) in [5.41, 5.74) is 0.867. The van der Waals surface area contributed by atoms with Crippen molar-refractivity contribution in [2.24, 2.45) is 0 Å². The standard InChI is InChI=1S/C11H11ClN2O2/c1-14-9(10(15)13-11(14)16)6-7-4-2-3-5-8(7)12/h2-5,9H,6H2,1H3,(H,13,15,16). The molecule has 1 fully saturated rings. The molecular formula is C11H11ClN2O2. The van der Waals surface area contributed by atoms with Crippen molar-refractivity contribution in [2.75, 3.05) is 7.05 Å². The van der Waals surface area contributed by atoms with Crippen LogP contribution in [0.2, 0.25) is 5.02 Å². The number of rotatable bonds is 2. The number of urea groups is 1. The van der Waals surface area contributed by atoms with Gasteiger partial charge in [-0.25, -0.2) is 4.79 Å². The van der Waals surface area contributed by atoms with Gasteiger partial charge in [-0.2, -0.15) is 0 Å². The second kappa shape index (κ2) is 4.14. The molecule has 1 aromatic rings. The second-order valence-corrected chi connectivity index (χ2v) is 4.12. The molecule has 1 atom stereocenters. The number of halogens is 1. The van der Waals surface area contributed by atoms with Crippen LogP contribution in [0.25, 0.3) is 0 Å². The van der Waals surface area contributed by atoms with Gasteiger partial charge in [0, 0.05) is 18.5 Å². The minimum atomic E-state index is -0.465. The monoisotopic (exact) mass is 238 g/mol. The molecule has 3 amide bonds. The maximum atomic E-state index is 11.5. The van der Waals surface area contributed by atoms with E-state index < -0.39 is 6.04 Å². The molecule has 84 valence electrons. The highest BCUT2D eigenvalue weighted by atomic mass is 35.5. The molecule has 16 heavy (non-hydrogen) atoms. The van der Waals surface area contributed by atoms with Gasteiger partial charge < -0.3 is 4.90 Å². The molecule has 4 nitrogen and oxygen atoms in total. The van der Waals surface area contributed by atoms with Crippen LogP contribution in [0.1, 0.15) is 5.56 Å². The van der Waals surface area contributed by atoms with E-state index >= 15 is 0 Å². The highest BCUT2D eigenvalue weighted by Crippen LogP contribution is 2.19. The lowest BCUT2D eigenvalue weighted by Gasteiger charge is -2.16. The maximum Gasteiger partial charge on any atom is 0.324 e. The third-order valence-electron chi connectivity index (χ3n) is 2.69. The van der Waals surface area contributed by atoms with Gasteiger partial charge in [0.2, 0.25) is 0 Å². The van der Waals surface area contributed by atoms with E-state index in [4.69, 9.17) is 11.6 Å². The summed E-state index contributed by atoms with van der Waals surface area (Å²) < 4.78 is 0. The Morgan fingerprint density at radius 2 is 2.06 bits per heavy atom. The highest BCUT2D eigenvalue weighted by molar-refractivity contribution is 6.31. The van der Waals surface area contributed by atoms with E-state index in [0.29, 0.717) is 11.4 Å². The number of benzene rings is 1. The number of hydrogen-bond donors (Lipinski definition) is 1. The predicted molar refractivity (Wildman–Crippen MR) is 60.2 cm³/mol. The Bertz CT molecular complexity index is 447. The van der Waals surface area contributed by atoms with Crippen LogP contribution in [0.3, 0.4) is 0 Å². The first-order valence-electron chi connectivity index (χ1n) is 4.90. The van der Waals surface area contributed by atoms with Crippen molar-refractivity contribution >= 4 is 23.5 Å². The normalized spacial score (nSPS) is 20.1. The van der Waals surface area contributed by atoms with E-state index in [9.17, 15) is 9.59 Å². The molecule has 1 saturated heterocycles. The molecule has 1 aliphatic rings. The molecule has 0 aromatic heterocycles. The fraction of sp³-hybridized carbons (Fsp3) is 0.273. The Labute approximate surface area is 98.2 Å². The van der Waals surface area contributed by atoms with Gasteiger partial charge in [0.25, 0.3) is 5.91 Å². The molecule has 0 bridgehead atoms. The molecule has 0 radical (unpaired) electrons. The average Bonchev–Trinajstić information content (AvgIpc) is 2.48. The fourth-order valence-electron chi connectivity index (χ4n) is 1.70. The lowest BCUT2D eigenvalue weighted by atomic mass is 10.1. The highest BCUT2D eigenvalue weighted by Gasteiger charge is 2.35. The van der Waals surface area contributed by atoms with Crippen molar-refractivity contribution < 1.29 is 9.59 Å². The number of carbonyl (C=O) groups is 2. The third kappa shape index (κ3) is 1.88. The van der Waals surface area contributed by atoms with Crippen LogP contribution in [0, 0.1) is 0 Å². The Morgan fingerprint density at radius 1 is 1.38 bits per heavy atom. The van der Waals surface area contributed by atoms with Gasteiger partial charge in [0.1, 0.15) is 6.04 Å². The van der Waals surface area contributed by atoms with Crippen molar-refractivity contribution in [3.05, 3.63) is 34.9 Å². The summed E-state index contributed by atoms with van der Waals surface area (Å²) in [6.07, 6.45) is 0.438. The number of carbonyl (C=O) groups excluding carboxylic acids is 2. The van der Waals surface area contributed by atoms with Crippen molar-refractivity contribution in [3.8, 4) is 0 Å². The van der Waals surface area contributed by atoms with Gasteiger partial charge in [-0.1, -0.05) is 29.8 Å². The molecule has 0 saturated carbocycles. The number of hydrogen-bond acceptors (Lipinski definition) is 2. The fourth-order valence-corrected chi connectivity index (χ4v) is 1.91. The van der Waals surface area contributed by atoms with Gasteiger partial charge in [-0.05, 0) is 11.6 Å². The number of amides is 3. The largest absolute Gasteiger partial charge is 0.324 e. The van der Waals surface area contributed by atoms with Crippen LogP contribution < -0.4 is 5.32 Å². The van der Waals surface area contributed by atoms with Crippen LogP contribution in [-0.2, 0) is 11.2 Å². The third-order valence-corrected chi connectivity index (χ3v) is 3.06. The zero-order valence-corrected chi connectivity index (χ0v) is 9.49. The van der Waals surface area contributed by atoms with E-state index in [0.717, 1.165) is 5.56 Å². The zero-order valence-electron chi connectivity index (χ0n) is 8.74. The number of nitrogens with zero attached hydrogens (tertiary/aromatic N) is 1. The molecule has 1 unspecified atom stereocenters. The van der Waals surface area contributed by atoms with E-state index in [1.54, 1.807) is 13.1 Å². The summed E-state index contributed by atoms with van der Waals surface area (Å²) in [7, 11) is 1.60. The Morgan fingerprint density at radius 3 is 2.62 bits per heavy atom. The van der Waals surface area contributed by atoms with E-state index in [2.05, 4.69) is 5.32 Å². The van der Waals surface area contributed by atoms with Crippen molar-refractivity contribution in [1.82, 2.24) is 10.2 Å². The summed E-state index contributed by atoms with van der Waals surface area (Å²) in [5.74, 6) is -0.271. The molecular weight excluding hydrogens is 228 g/mol. The quantitative estimate of drug-likeness (QED) is 0.793. The van der Waals surface area contributed by atoms with E-state index in [-0.39, 0.29) is 11.9 Å². The summed E-state index contributed by atoms with van der Waals surface area (Å²) in [6.45, 7) is 0. The zero-order chi connectivity index (χ0) is 11.7. The van der Waals surface area contributed by atoms with E-state index in [1.165, 1.54) is 4.90 Å². The lowest BCUT2D eigenvalue weighted by Crippen LogP contribution is -2.33. The van der Waals surface area contributed by atoms with Crippen LogP contribution >= 0.6 is 11.6 Å². The summed E-state index contributed by atoms with van der Waals surface area (Å²) >= 11 is 6.00. The minimum Gasteiger partial charge on any atom is -0.315 e. The SMILES string of the molecule is CN1C(=O)NC(=O)C1Cc1ccccc1Cl. The van der Waals surface area contributed by atoms with Crippen molar-refractivity contribution in [3.63, 3.8) is 0 Å². The molecule has 0 aliphatic carbocycles. The first-order valence-corrected chi connectivity index (χ1v) is 5.28. The van der Waals surface area contributed by atoms with Gasteiger partial charge in [0.15, 0.2) is 0 Å². The molecule has 5 heteroatoms. The van der Waals surface area contributed by atoms with Crippen LogP contribution in [0.4, 0.5) is 4.79 Å². The molecule has 1 aromatic carbocycles. The average molecular weight is 239 g/mol. The van der Waals surface area contributed by atoms with Crippen molar-refractivity contribution in [1.29, 1.82) is 0 Å². The topological polar surface area (TPSA) is 49.4 Å². The Hall–Kier alpha value is -1.55. The van der Waals surface area contributed by atoms with E-state index in [1.807, 2.05) is 18.2 Å². The van der Waals surface area contributed by atoms with Gasteiger partial charge in [-0.3, -0.25) is 10.1 Å². The predicted octanol–water partition coefficient (Wildman–Crippen LogP) is 1.43. The summed E-state index contributed by atoms with van der Waals surface area (Å²) in [4.78, 5) is 24.1. The molecule has 1 N–H and O–H groups in total. The molecule has 2 rings (SSSR count). The number of imide groups is 1. The Kier molecular flexibility index (Phi) is 2.83. The second-order valence-electron chi connectivity index (χ2n) is 3.72. The number of nitrogens with one attached hydrogen (secondary N) is 1. The number of likely N-dealkylation sites (N-methyl/N-ethyl adjacent to an activating group) is 1. The van der Waals surface area contributed by atoms with Crippen LogP contribution in [-0.4, -0.2) is 29.9 Å². The molecule has 1 aliphatic heterocycles. The van der Waals surface area contributed by atoms with Gasteiger partial charge >= 0.3 is 6.03 Å². The Balaban J connectivity index is 2.19. The smallest absolute Gasteiger partial charge is 0.315 e. The van der Waals surface area contributed by atoms with Gasteiger partial charge in [0.05, 0.1) is 0 Å². The summed E-state index contributed by atoms with van der Waals surface area (Å²) in [6, 6.07) is 6.48. The molecule has 1 heterocycles. The first kappa shape index (κ1) is 11.0. The summed E-state index contributed by atoms with van der Waals surface area (Å²) in [5, 5.41) is 2.88. The first-order chi connectivity index (χ1) is 7.59. The maximum absolute atomic E-state index is 11.5. The lowest BCUT2D eigenvalue weighted by molar-refractivity contribution is -0.121. The van der Waals surface area contributed by atoms with Crippen LogP contribution in [0.5, 0.6) is 0 Å². The van der Waals surface area contributed by atoms with Crippen LogP contribution in [0.15, 0.2) is 24.3 Å². The minimum absolute atomic E-state index is 0.271. The van der Waals surface area contributed by atoms with Crippen molar-refractivity contribution in [2.45, 2.75) is 12.5 Å².